The van der Waals surface area contributed by atoms with Gasteiger partial charge in [0.25, 0.3) is 5.91 Å². The summed E-state index contributed by atoms with van der Waals surface area (Å²) >= 11 is 0. The van der Waals surface area contributed by atoms with E-state index in [0.29, 0.717) is 68.8 Å². The molecular formula is C24H26N4O4S. The highest BCUT2D eigenvalue weighted by atomic mass is 32.2. The minimum Gasteiger partial charge on any atom is -0.378 e. The van der Waals surface area contributed by atoms with Crippen LogP contribution in [0.25, 0.3) is 10.9 Å². The van der Waals surface area contributed by atoms with Crippen molar-refractivity contribution in [3.63, 3.8) is 0 Å². The molecule has 2 aliphatic heterocycles. The molecule has 0 atom stereocenters. The molecule has 0 unspecified atom stereocenters. The Morgan fingerprint density at radius 2 is 1.52 bits per heavy atom. The van der Waals surface area contributed by atoms with Gasteiger partial charge in [-0.25, -0.2) is 13.4 Å². The zero-order valence-corrected chi connectivity index (χ0v) is 19.1. The Hall–Kier alpha value is -3.01. The molecule has 2 saturated heterocycles. The number of aromatic nitrogens is 1. The molecule has 3 heterocycles. The SMILES string of the molecule is O=C(c1cc(N2CCN(S(=O)(=O)c3ccccc3)CC2)nc2ccccc12)N1CCOCC1. The molecule has 2 fully saturated rings. The fourth-order valence-electron chi connectivity index (χ4n) is 4.34. The van der Waals surface area contributed by atoms with Crippen molar-refractivity contribution >= 4 is 32.7 Å². The highest BCUT2D eigenvalue weighted by molar-refractivity contribution is 7.89. The van der Waals surface area contributed by atoms with Crippen LogP contribution in [-0.4, -0.2) is 81.0 Å². The van der Waals surface area contributed by atoms with Gasteiger partial charge in [0.1, 0.15) is 5.82 Å². The molecule has 0 bridgehead atoms. The Morgan fingerprint density at radius 3 is 2.24 bits per heavy atom. The van der Waals surface area contributed by atoms with E-state index in [2.05, 4.69) is 4.90 Å². The molecule has 8 nitrogen and oxygen atoms in total. The molecule has 2 aromatic carbocycles. The lowest BCUT2D eigenvalue weighted by atomic mass is 10.1. The number of piperazine rings is 1. The number of anilines is 1. The number of carbonyl (C=O) groups is 1. The van der Waals surface area contributed by atoms with E-state index in [9.17, 15) is 13.2 Å². The zero-order chi connectivity index (χ0) is 22.8. The normalized spacial score (nSPS) is 17.9. The highest BCUT2D eigenvalue weighted by Gasteiger charge is 2.30. The maximum Gasteiger partial charge on any atom is 0.254 e. The maximum atomic E-state index is 13.3. The standard InChI is InChI=1S/C24H26N4O4S/c29-24(27-14-16-32-17-15-27)21-18-23(25-22-9-5-4-8-20(21)22)26-10-12-28(13-11-26)33(30,31)19-6-2-1-3-7-19/h1-9,18H,10-17H2. The average molecular weight is 467 g/mol. The van der Waals surface area contributed by atoms with Crippen molar-refractivity contribution in [2.24, 2.45) is 0 Å². The van der Waals surface area contributed by atoms with Crippen LogP contribution in [-0.2, 0) is 14.8 Å². The summed E-state index contributed by atoms with van der Waals surface area (Å²) in [6.07, 6.45) is 0. The first-order chi connectivity index (χ1) is 16.0. The fraction of sp³-hybridized carbons (Fsp3) is 0.333. The third-order valence-electron chi connectivity index (χ3n) is 6.17. The van der Waals surface area contributed by atoms with Crippen molar-refractivity contribution in [2.75, 3.05) is 57.4 Å². The van der Waals surface area contributed by atoms with Crippen molar-refractivity contribution < 1.29 is 17.9 Å². The summed E-state index contributed by atoms with van der Waals surface area (Å²) < 4.78 is 32.8. The molecule has 33 heavy (non-hydrogen) atoms. The van der Waals surface area contributed by atoms with E-state index in [4.69, 9.17) is 9.72 Å². The Labute approximate surface area is 193 Å². The monoisotopic (exact) mass is 466 g/mol. The zero-order valence-electron chi connectivity index (χ0n) is 18.3. The van der Waals surface area contributed by atoms with E-state index in [0.717, 1.165) is 10.9 Å². The Morgan fingerprint density at radius 1 is 0.848 bits per heavy atom. The maximum absolute atomic E-state index is 13.3. The number of ether oxygens (including phenoxy) is 1. The molecular weight excluding hydrogens is 440 g/mol. The van der Waals surface area contributed by atoms with E-state index < -0.39 is 10.0 Å². The molecule has 0 saturated carbocycles. The van der Waals surface area contributed by atoms with Crippen LogP contribution in [0.4, 0.5) is 5.82 Å². The van der Waals surface area contributed by atoms with Crippen LogP contribution in [0.15, 0.2) is 65.6 Å². The van der Waals surface area contributed by atoms with Gasteiger partial charge in [0.2, 0.25) is 10.0 Å². The molecule has 0 spiro atoms. The molecule has 5 rings (SSSR count). The summed E-state index contributed by atoms with van der Waals surface area (Å²) in [5.74, 6) is 0.672. The topological polar surface area (TPSA) is 83.1 Å². The minimum absolute atomic E-state index is 0.0246. The van der Waals surface area contributed by atoms with Crippen LogP contribution >= 0.6 is 0 Å². The van der Waals surface area contributed by atoms with Gasteiger partial charge in [-0.05, 0) is 24.3 Å². The molecule has 1 aromatic heterocycles. The van der Waals surface area contributed by atoms with Crippen LogP contribution < -0.4 is 4.90 Å². The lowest BCUT2D eigenvalue weighted by Crippen LogP contribution is -2.49. The highest BCUT2D eigenvalue weighted by Crippen LogP contribution is 2.26. The number of morpholine rings is 1. The molecule has 1 amide bonds. The number of hydrogen-bond donors (Lipinski definition) is 0. The predicted molar refractivity (Wildman–Crippen MR) is 126 cm³/mol. The second-order valence-corrected chi connectivity index (χ2v) is 10.1. The minimum atomic E-state index is -3.52. The van der Waals surface area contributed by atoms with E-state index in [1.54, 1.807) is 30.3 Å². The van der Waals surface area contributed by atoms with E-state index in [-0.39, 0.29) is 5.91 Å². The molecule has 172 valence electrons. The summed E-state index contributed by atoms with van der Waals surface area (Å²) in [6.45, 7) is 3.95. The van der Waals surface area contributed by atoms with Gasteiger partial charge in [0.05, 0.1) is 29.2 Å². The molecule has 9 heteroatoms. The average Bonchev–Trinajstić information content (AvgIpc) is 2.88. The largest absolute Gasteiger partial charge is 0.378 e. The van der Waals surface area contributed by atoms with Crippen LogP contribution in [0.1, 0.15) is 10.4 Å². The third-order valence-corrected chi connectivity index (χ3v) is 8.09. The number of sulfonamides is 1. The van der Waals surface area contributed by atoms with Crippen LogP contribution in [0.3, 0.4) is 0 Å². The predicted octanol–water partition coefficient (Wildman–Crippen LogP) is 2.22. The number of nitrogens with zero attached hydrogens (tertiary/aromatic N) is 4. The quantitative estimate of drug-likeness (QED) is 0.586. The Bertz CT molecular complexity index is 1250. The molecule has 0 radical (unpaired) electrons. The summed E-state index contributed by atoms with van der Waals surface area (Å²) in [5, 5.41) is 0.822. The number of rotatable bonds is 4. The molecule has 0 aliphatic carbocycles. The first-order valence-electron chi connectivity index (χ1n) is 11.1. The number of pyridine rings is 1. The van der Waals surface area contributed by atoms with E-state index >= 15 is 0 Å². The summed E-state index contributed by atoms with van der Waals surface area (Å²) in [7, 11) is -3.52. The van der Waals surface area contributed by atoms with Crippen LogP contribution in [0, 0.1) is 0 Å². The van der Waals surface area contributed by atoms with E-state index in [1.807, 2.05) is 35.2 Å². The van der Waals surface area contributed by atoms with Crippen molar-refractivity contribution in [3.05, 3.63) is 66.2 Å². The molecule has 3 aromatic rings. The van der Waals surface area contributed by atoms with Crippen LogP contribution in [0.2, 0.25) is 0 Å². The first-order valence-corrected chi connectivity index (χ1v) is 12.5. The number of hydrogen-bond acceptors (Lipinski definition) is 6. The Balaban J connectivity index is 1.40. The number of carbonyl (C=O) groups excluding carboxylic acids is 1. The number of fused-ring (bicyclic) bond motifs is 1. The number of amides is 1. The number of benzene rings is 2. The van der Waals surface area contributed by atoms with Gasteiger partial charge in [-0.2, -0.15) is 4.31 Å². The Kier molecular flexibility index (Phi) is 6.01. The second kappa shape index (κ2) is 9.09. The van der Waals surface area contributed by atoms with Gasteiger partial charge in [-0.1, -0.05) is 36.4 Å². The molecule has 2 aliphatic rings. The smallest absolute Gasteiger partial charge is 0.254 e. The van der Waals surface area contributed by atoms with Gasteiger partial charge in [-0.3, -0.25) is 4.79 Å². The van der Waals surface area contributed by atoms with Crippen molar-refractivity contribution in [1.29, 1.82) is 0 Å². The van der Waals surface area contributed by atoms with Crippen molar-refractivity contribution in [3.8, 4) is 0 Å². The van der Waals surface area contributed by atoms with E-state index in [1.165, 1.54) is 4.31 Å². The summed E-state index contributed by atoms with van der Waals surface area (Å²) in [5.41, 5.74) is 1.38. The third kappa shape index (κ3) is 4.31. The first kappa shape index (κ1) is 21.8. The van der Waals surface area contributed by atoms with Gasteiger partial charge in [0.15, 0.2) is 0 Å². The van der Waals surface area contributed by atoms with Crippen molar-refractivity contribution in [1.82, 2.24) is 14.2 Å². The van der Waals surface area contributed by atoms with Crippen LogP contribution in [0.5, 0.6) is 0 Å². The van der Waals surface area contributed by atoms with Gasteiger partial charge >= 0.3 is 0 Å². The van der Waals surface area contributed by atoms with Crippen molar-refractivity contribution in [2.45, 2.75) is 4.90 Å². The fourth-order valence-corrected chi connectivity index (χ4v) is 5.78. The van der Waals surface area contributed by atoms with Gasteiger partial charge < -0.3 is 14.5 Å². The number of para-hydroxylation sites is 1. The lowest BCUT2D eigenvalue weighted by Gasteiger charge is -2.35. The van der Waals surface area contributed by atoms with Gasteiger partial charge in [-0.15, -0.1) is 0 Å². The second-order valence-electron chi connectivity index (χ2n) is 8.15. The summed E-state index contributed by atoms with van der Waals surface area (Å²) in [4.78, 5) is 22.3. The molecule has 0 N–H and O–H groups in total. The summed E-state index contributed by atoms with van der Waals surface area (Å²) in [6, 6.07) is 18.0. The lowest BCUT2D eigenvalue weighted by molar-refractivity contribution is 0.0304. The van der Waals surface area contributed by atoms with Gasteiger partial charge in [0, 0.05) is 44.7 Å².